The van der Waals surface area contributed by atoms with E-state index in [9.17, 15) is 0 Å². The van der Waals surface area contributed by atoms with E-state index in [0.29, 0.717) is 0 Å². The molecule has 0 fully saturated rings. The van der Waals surface area contributed by atoms with Gasteiger partial charge in [0.25, 0.3) is 0 Å². The van der Waals surface area contributed by atoms with Crippen LogP contribution in [0, 0.1) is 6.92 Å². The standard InChI is InChI=1S/C21H20N4/c1-14-11-19-21(13-17(14)22)25(15-7-5-4-6-8-15)20-12-16(24(2)3)9-10-18(20)23-19/h4-13,22H,1-3H3/p+1. The molecule has 0 saturated carbocycles. The molecule has 25 heavy (non-hydrogen) atoms. The van der Waals surface area contributed by atoms with Crippen molar-refractivity contribution in [1.82, 2.24) is 4.98 Å². The van der Waals surface area contributed by atoms with Gasteiger partial charge in [0.05, 0.1) is 0 Å². The lowest BCUT2D eigenvalue weighted by atomic mass is 10.1. The normalized spacial score (nSPS) is 11.2. The summed E-state index contributed by atoms with van der Waals surface area (Å²) in [5.74, 6) is 0. The maximum atomic E-state index is 6.21. The first-order valence-electron chi connectivity index (χ1n) is 8.33. The maximum Gasteiger partial charge on any atom is 0.239 e. The summed E-state index contributed by atoms with van der Waals surface area (Å²) in [7, 11) is 4.09. The highest BCUT2D eigenvalue weighted by molar-refractivity contribution is 5.86. The number of hydrogen-bond donors (Lipinski definition) is 1. The summed E-state index contributed by atoms with van der Waals surface area (Å²) in [6.07, 6.45) is 0. The van der Waals surface area contributed by atoms with Crippen molar-refractivity contribution in [3.63, 3.8) is 0 Å². The van der Waals surface area contributed by atoms with Gasteiger partial charge in [-0.1, -0.05) is 18.2 Å². The molecule has 1 aromatic heterocycles. The van der Waals surface area contributed by atoms with Crippen LogP contribution in [0.1, 0.15) is 5.56 Å². The Labute approximate surface area is 147 Å². The molecule has 4 nitrogen and oxygen atoms in total. The summed E-state index contributed by atoms with van der Waals surface area (Å²) in [5.41, 5.74) is 14.2. The second-order valence-corrected chi connectivity index (χ2v) is 6.55. The summed E-state index contributed by atoms with van der Waals surface area (Å²) in [4.78, 5) is 6.97. The molecule has 0 atom stereocenters. The average Bonchev–Trinajstić information content (AvgIpc) is 2.61. The molecule has 0 saturated heterocycles. The molecule has 0 radical (unpaired) electrons. The quantitative estimate of drug-likeness (QED) is 0.347. The van der Waals surface area contributed by atoms with Crippen LogP contribution in [0.5, 0.6) is 0 Å². The Morgan fingerprint density at radius 1 is 0.880 bits per heavy atom. The number of nitrogens with two attached hydrogens (primary N) is 1. The number of nitrogen functional groups attached to an aromatic ring is 1. The Balaban J connectivity index is 2.20. The molecule has 0 spiro atoms. The fourth-order valence-electron chi connectivity index (χ4n) is 3.14. The molecule has 4 aromatic rings. The monoisotopic (exact) mass is 329 g/mol. The summed E-state index contributed by atoms with van der Waals surface area (Å²) in [6.45, 7) is 2.02. The molecule has 3 aromatic carbocycles. The van der Waals surface area contributed by atoms with Crippen LogP contribution in [-0.4, -0.2) is 19.1 Å². The summed E-state index contributed by atoms with van der Waals surface area (Å²) >= 11 is 0. The Kier molecular flexibility index (Phi) is 3.53. The first kappa shape index (κ1) is 15.4. The van der Waals surface area contributed by atoms with Gasteiger partial charge in [-0.3, -0.25) is 0 Å². The lowest BCUT2D eigenvalue weighted by Crippen LogP contribution is -2.33. The van der Waals surface area contributed by atoms with Gasteiger partial charge >= 0.3 is 0 Å². The van der Waals surface area contributed by atoms with Crippen LogP contribution in [0.4, 0.5) is 11.4 Å². The third-order valence-electron chi connectivity index (χ3n) is 4.58. The molecule has 0 unspecified atom stereocenters. The summed E-state index contributed by atoms with van der Waals surface area (Å²) in [5, 5.41) is 0. The largest absolute Gasteiger partial charge is 0.398 e. The van der Waals surface area contributed by atoms with Crippen molar-refractivity contribution in [2.45, 2.75) is 6.92 Å². The molecule has 0 aliphatic carbocycles. The fourth-order valence-corrected chi connectivity index (χ4v) is 3.14. The highest BCUT2D eigenvalue weighted by Crippen LogP contribution is 2.24. The Hall–Kier alpha value is -3.14. The van der Waals surface area contributed by atoms with Crippen molar-refractivity contribution in [3.8, 4) is 5.69 Å². The predicted octanol–water partition coefficient (Wildman–Crippen LogP) is 3.62. The molecule has 0 aliphatic rings. The SMILES string of the molecule is Cc1cc2nc3ccc(N(C)C)cc3[n+](-c3ccccc3)c2cc1N. The summed E-state index contributed by atoms with van der Waals surface area (Å²) in [6, 6.07) is 20.8. The van der Waals surface area contributed by atoms with Gasteiger partial charge < -0.3 is 10.6 Å². The molecule has 0 bridgehead atoms. The number of para-hydroxylation sites is 1. The number of nitrogens with zero attached hydrogens (tertiary/aromatic N) is 3. The van der Waals surface area contributed by atoms with Crippen LogP contribution in [0.15, 0.2) is 60.7 Å². The molecule has 4 heteroatoms. The maximum absolute atomic E-state index is 6.21. The van der Waals surface area contributed by atoms with Crippen molar-refractivity contribution >= 4 is 33.4 Å². The van der Waals surface area contributed by atoms with Gasteiger partial charge in [-0.15, -0.1) is 4.57 Å². The van der Waals surface area contributed by atoms with E-state index in [1.807, 2.05) is 45.3 Å². The van der Waals surface area contributed by atoms with Crippen LogP contribution in [0.2, 0.25) is 0 Å². The molecular formula is C21H21N4+. The van der Waals surface area contributed by atoms with Crippen LogP contribution in [0.3, 0.4) is 0 Å². The van der Waals surface area contributed by atoms with E-state index in [1.54, 1.807) is 0 Å². The number of benzene rings is 3. The minimum absolute atomic E-state index is 0.780. The summed E-state index contributed by atoms with van der Waals surface area (Å²) < 4.78 is 2.24. The van der Waals surface area contributed by atoms with E-state index >= 15 is 0 Å². The van der Waals surface area contributed by atoms with Gasteiger partial charge in [-0.2, -0.15) is 0 Å². The number of anilines is 2. The van der Waals surface area contributed by atoms with Crippen LogP contribution < -0.4 is 15.2 Å². The van der Waals surface area contributed by atoms with Gasteiger partial charge in [-0.25, -0.2) is 4.98 Å². The Morgan fingerprint density at radius 2 is 1.60 bits per heavy atom. The van der Waals surface area contributed by atoms with Crippen molar-refractivity contribution in [1.29, 1.82) is 0 Å². The molecule has 124 valence electrons. The molecule has 4 rings (SSSR count). The second kappa shape index (κ2) is 5.74. The average molecular weight is 329 g/mol. The van der Waals surface area contributed by atoms with Crippen molar-refractivity contribution in [3.05, 3.63) is 66.2 Å². The van der Waals surface area contributed by atoms with Gasteiger partial charge in [-0.05, 0) is 30.7 Å². The topological polar surface area (TPSA) is 46.0 Å². The van der Waals surface area contributed by atoms with E-state index in [1.165, 1.54) is 0 Å². The fraction of sp³-hybridized carbons (Fsp3) is 0.143. The second-order valence-electron chi connectivity index (χ2n) is 6.55. The first-order valence-corrected chi connectivity index (χ1v) is 8.33. The van der Waals surface area contributed by atoms with Gasteiger partial charge in [0, 0.05) is 49.7 Å². The number of hydrogen-bond acceptors (Lipinski definition) is 3. The van der Waals surface area contributed by atoms with Crippen molar-refractivity contribution < 1.29 is 4.57 Å². The smallest absolute Gasteiger partial charge is 0.239 e. The highest BCUT2D eigenvalue weighted by atomic mass is 15.1. The van der Waals surface area contributed by atoms with Crippen LogP contribution in [-0.2, 0) is 0 Å². The Bertz CT molecular complexity index is 1090. The van der Waals surface area contributed by atoms with Gasteiger partial charge in [0.2, 0.25) is 16.7 Å². The van der Waals surface area contributed by atoms with Crippen molar-refractivity contribution in [2.75, 3.05) is 24.7 Å². The third-order valence-corrected chi connectivity index (χ3v) is 4.58. The molecule has 0 aliphatic heterocycles. The van der Waals surface area contributed by atoms with E-state index < -0.39 is 0 Å². The molecule has 2 N–H and O–H groups in total. The third kappa shape index (κ3) is 2.56. The van der Waals surface area contributed by atoms with Crippen molar-refractivity contribution in [2.24, 2.45) is 0 Å². The highest BCUT2D eigenvalue weighted by Gasteiger charge is 2.20. The van der Waals surface area contributed by atoms with Crippen LogP contribution >= 0.6 is 0 Å². The zero-order valence-corrected chi connectivity index (χ0v) is 14.7. The van der Waals surface area contributed by atoms with E-state index in [4.69, 9.17) is 10.7 Å². The number of aromatic nitrogens is 2. The van der Waals surface area contributed by atoms with Gasteiger partial charge in [0.15, 0.2) is 0 Å². The molecule has 1 heterocycles. The van der Waals surface area contributed by atoms with E-state index in [2.05, 4.69) is 45.9 Å². The van der Waals surface area contributed by atoms with E-state index in [0.717, 1.165) is 44.7 Å². The number of fused-ring (bicyclic) bond motifs is 2. The Morgan fingerprint density at radius 3 is 2.32 bits per heavy atom. The molecular weight excluding hydrogens is 308 g/mol. The minimum Gasteiger partial charge on any atom is -0.398 e. The number of aryl methyl sites for hydroxylation is 1. The first-order chi connectivity index (χ1) is 12.0. The van der Waals surface area contributed by atoms with Crippen LogP contribution in [0.25, 0.3) is 27.8 Å². The predicted molar refractivity (Wildman–Crippen MR) is 104 cm³/mol. The molecule has 0 amide bonds. The zero-order chi connectivity index (χ0) is 17.6. The lowest BCUT2D eigenvalue weighted by molar-refractivity contribution is -0.538. The lowest BCUT2D eigenvalue weighted by Gasteiger charge is -2.13. The van der Waals surface area contributed by atoms with Gasteiger partial charge in [0.1, 0.15) is 11.0 Å². The zero-order valence-electron chi connectivity index (χ0n) is 14.7. The number of rotatable bonds is 2. The van der Waals surface area contributed by atoms with E-state index in [-0.39, 0.29) is 0 Å². The minimum atomic E-state index is 0.780.